The molecule has 1 saturated heterocycles. The van der Waals surface area contributed by atoms with E-state index in [9.17, 15) is 19.2 Å². The molecule has 7 nitrogen and oxygen atoms in total. The molecule has 0 spiro atoms. The van der Waals surface area contributed by atoms with Gasteiger partial charge in [-0.05, 0) is 66.8 Å². The number of benzene rings is 3. The van der Waals surface area contributed by atoms with Crippen LogP contribution in [0.4, 0.5) is 4.39 Å². The second kappa shape index (κ2) is 13.7. The Hall–Kier alpha value is -4.06. The summed E-state index contributed by atoms with van der Waals surface area (Å²) in [4.78, 5) is 30.6. The average Bonchev–Trinajstić information content (AvgIpc) is 2.98. The monoisotopic (exact) mass is 527 g/mol. The fourth-order valence-electron chi connectivity index (χ4n) is 5.07. The summed E-state index contributed by atoms with van der Waals surface area (Å²) >= 11 is 0. The Morgan fingerprint density at radius 3 is 2.41 bits per heavy atom. The van der Waals surface area contributed by atoms with Crippen LogP contribution in [0, 0.1) is 17.1 Å². The molecule has 1 fully saturated rings. The summed E-state index contributed by atoms with van der Waals surface area (Å²) in [6, 6.07) is 24.8. The zero-order chi connectivity index (χ0) is 27.6. The molecule has 4 rings (SSSR count). The van der Waals surface area contributed by atoms with Gasteiger partial charge >= 0.3 is 0 Å². The summed E-state index contributed by atoms with van der Waals surface area (Å²) in [5.74, 6) is -0.939. The van der Waals surface area contributed by atoms with Crippen LogP contribution in [0.25, 0.3) is 0 Å². The maximum absolute atomic E-state index is 13.5. The van der Waals surface area contributed by atoms with Gasteiger partial charge in [0.25, 0.3) is 5.91 Å². The highest BCUT2D eigenvalue weighted by Crippen LogP contribution is 2.26. The number of likely N-dealkylation sites (tertiary alicyclic amines) is 1. The van der Waals surface area contributed by atoms with Gasteiger partial charge in [-0.2, -0.15) is 5.26 Å². The highest BCUT2D eigenvalue weighted by molar-refractivity contribution is 5.97. The molecule has 0 bridgehead atoms. The first-order valence-electron chi connectivity index (χ1n) is 13.3. The molecule has 1 aliphatic heterocycles. The molecule has 1 unspecified atom stereocenters. The molecule has 3 aromatic carbocycles. The molecule has 0 aromatic heterocycles. The van der Waals surface area contributed by atoms with Crippen molar-refractivity contribution in [2.75, 3.05) is 26.2 Å². The van der Waals surface area contributed by atoms with E-state index in [1.165, 1.54) is 29.8 Å². The van der Waals surface area contributed by atoms with Crippen molar-refractivity contribution in [3.05, 3.63) is 107 Å². The van der Waals surface area contributed by atoms with Crippen LogP contribution in [0.5, 0.6) is 0 Å². The number of nitrogens with two attached hydrogens (primary N) is 1. The van der Waals surface area contributed by atoms with Crippen LogP contribution in [-0.4, -0.2) is 59.9 Å². The number of amides is 2. The number of piperidine rings is 1. The van der Waals surface area contributed by atoms with Crippen molar-refractivity contribution in [3.8, 4) is 6.07 Å². The number of nitriles is 1. The Morgan fingerprint density at radius 2 is 1.74 bits per heavy atom. The quantitative estimate of drug-likeness (QED) is 0.420. The Labute approximate surface area is 229 Å². The van der Waals surface area contributed by atoms with Crippen LogP contribution >= 0.6 is 0 Å². The smallest absolute Gasteiger partial charge is 0.254 e. The van der Waals surface area contributed by atoms with E-state index in [0.717, 1.165) is 18.5 Å². The van der Waals surface area contributed by atoms with Crippen molar-refractivity contribution in [1.82, 2.24) is 15.1 Å². The lowest BCUT2D eigenvalue weighted by molar-refractivity contribution is -0.127. The number of nitrogens with zero attached hydrogens (tertiary/aromatic N) is 3. The molecule has 1 heterocycles. The topological polar surface area (TPSA) is 102 Å². The van der Waals surface area contributed by atoms with E-state index in [4.69, 9.17) is 5.73 Å². The lowest BCUT2D eigenvalue weighted by atomic mass is 9.93. The summed E-state index contributed by atoms with van der Waals surface area (Å²) in [5, 5.41) is 12.0. The van der Waals surface area contributed by atoms with E-state index in [1.54, 1.807) is 4.90 Å². The van der Waals surface area contributed by atoms with E-state index < -0.39 is 11.9 Å². The van der Waals surface area contributed by atoms with Gasteiger partial charge in [0, 0.05) is 44.3 Å². The maximum atomic E-state index is 13.5. The Bertz CT molecular complexity index is 1280. The van der Waals surface area contributed by atoms with Crippen molar-refractivity contribution in [2.24, 2.45) is 5.73 Å². The van der Waals surface area contributed by atoms with Crippen molar-refractivity contribution in [3.63, 3.8) is 0 Å². The second-order valence-electron chi connectivity index (χ2n) is 9.79. The van der Waals surface area contributed by atoms with Gasteiger partial charge in [0.2, 0.25) is 5.91 Å². The molecular weight excluding hydrogens is 493 g/mol. The summed E-state index contributed by atoms with van der Waals surface area (Å²) in [6.07, 6.45) is 2.00. The predicted octanol–water partition coefficient (Wildman–Crippen LogP) is 3.49. The third kappa shape index (κ3) is 7.50. The molecule has 0 saturated carbocycles. The van der Waals surface area contributed by atoms with E-state index >= 15 is 0 Å². The van der Waals surface area contributed by atoms with Crippen molar-refractivity contribution in [1.29, 1.82) is 5.26 Å². The van der Waals surface area contributed by atoms with Crippen LogP contribution in [0.3, 0.4) is 0 Å². The van der Waals surface area contributed by atoms with Gasteiger partial charge in [0.05, 0.1) is 11.6 Å². The van der Waals surface area contributed by atoms with Gasteiger partial charge in [0.15, 0.2) is 0 Å². The highest BCUT2D eigenvalue weighted by atomic mass is 19.1. The fraction of sp³-hybridized carbons (Fsp3) is 0.323. The van der Waals surface area contributed by atoms with Gasteiger partial charge in [0.1, 0.15) is 11.9 Å². The molecule has 202 valence electrons. The average molecular weight is 528 g/mol. The Kier molecular flexibility index (Phi) is 9.79. The molecule has 3 aromatic rings. The van der Waals surface area contributed by atoms with Crippen molar-refractivity contribution in [2.45, 2.75) is 37.9 Å². The molecule has 8 heteroatoms. The molecule has 0 aliphatic carbocycles. The molecular formula is C31H34FN5O2. The van der Waals surface area contributed by atoms with Crippen molar-refractivity contribution < 1.29 is 14.0 Å². The predicted molar refractivity (Wildman–Crippen MR) is 148 cm³/mol. The number of carbonyl (C=O) groups excluding carboxylic acids is 2. The number of halogens is 1. The minimum absolute atomic E-state index is 0.0512. The molecule has 0 radical (unpaired) electrons. The summed E-state index contributed by atoms with van der Waals surface area (Å²) in [6.45, 7) is 2.46. The molecule has 1 aliphatic rings. The zero-order valence-corrected chi connectivity index (χ0v) is 21.9. The normalized spacial score (nSPS) is 17.0. The lowest BCUT2D eigenvalue weighted by Crippen LogP contribution is -2.57. The van der Waals surface area contributed by atoms with Crippen LogP contribution in [0.1, 0.15) is 39.9 Å². The second-order valence-corrected chi connectivity index (χ2v) is 9.79. The number of rotatable bonds is 10. The molecule has 3 N–H and O–H groups in total. The van der Waals surface area contributed by atoms with Crippen LogP contribution in [0.15, 0.2) is 78.9 Å². The van der Waals surface area contributed by atoms with Crippen LogP contribution in [-0.2, 0) is 17.8 Å². The van der Waals surface area contributed by atoms with E-state index in [-0.39, 0.29) is 17.9 Å². The van der Waals surface area contributed by atoms with E-state index in [1.807, 2.05) is 42.5 Å². The highest BCUT2D eigenvalue weighted by Gasteiger charge is 2.38. The largest absolute Gasteiger partial charge is 0.353 e. The number of hydrogen-bond acceptors (Lipinski definition) is 5. The first-order valence-corrected chi connectivity index (χ1v) is 13.3. The van der Waals surface area contributed by atoms with Gasteiger partial charge in [-0.15, -0.1) is 0 Å². The Morgan fingerprint density at radius 1 is 1.03 bits per heavy atom. The molecule has 2 amide bonds. The van der Waals surface area contributed by atoms with Gasteiger partial charge < -0.3 is 16.0 Å². The SMILES string of the molecule is N#Cc1ccc(CN(CCc2ccccc2)C2CCN(C(=O)c3ccc(F)cc3)[C@@H](C(=O)NCCN)C2)cc1. The van der Waals surface area contributed by atoms with Crippen molar-refractivity contribution >= 4 is 11.8 Å². The third-order valence-corrected chi connectivity index (χ3v) is 7.19. The summed E-state index contributed by atoms with van der Waals surface area (Å²) < 4.78 is 13.5. The van der Waals surface area contributed by atoms with Gasteiger partial charge in [-0.3, -0.25) is 14.5 Å². The summed E-state index contributed by atoms with van der Waals surface area (Å²) in [7, 11) is 0. The number of hydrogen-bond donors (Lipinski definition) is 2. The summed E-state index contributed by atoms with van der Waals surface area (Å²) in [5.41, 5.74) is 8.89. The number of carbonyl (C=O) groups is 2. The molecule has 39 heavy (non-hydrogen) atoms. The lowest BCUT2D eigenvalue weighted by Gasteiger charge is -2.43. The standard InChI is InChI=1S/C31H34FN5O2/c32-27-12-10-26(11-13-27)31(39)37-19-15-28(20-29(37)30(38)35-17-16-33)36(18-14-23-4-2-1-3-5-23)22-25-8-6-24(21-34)7-9-25/h1-13,28-29H,14-20,22,33H2,(H,35,38)/t28?,29-/m1/s1. The maximum Gasteiger partial charge on any atom is 0.254 e. The van der Waals surface area contributed by atoms with Crippen LogP contribution in [0.2, 0.25) is 0 Å². The zero-order valence-electron chi connectivity index (χ0n) is 21.9. The Balaban J connectivity index is 1.56. The fourth-order valence-corrected chi connectivity index (χ4v) is 5.07. The first-order chi connectivity index (χ1) is 19.0. The molecule has 2 atom stereocenters. The third-order valence-electron chi connectivity index (χ3n) is 7.19. The van der Waals surface area contributed by atoms with Gasteiger partial charge in [-0.25, -0.2) is 4.39 Å². The number of nitrogens with one attached hydrogen (secondary N) is 1. The minimum atomic E-state index is -0.673. The van der Waals surface area contributed by atoms with E-state index in [2.05, 4.69) is 28.4 Å². The van der Waals surface area contributed by atoms with Crippen LogP contribution < -0.4 is 11.1 Å². The minimum Gasteiger partial charge on any atom is -0.353 e. The van der Waals surface area contributed by atoms with Gasteiger partial charge in [-0.1, -0.05) is 42.5 Å². The van der Waals surface area contributed by atoms with E-state index in [0.29, 0.717) is 50.1 Å². The first kappa shape index (κ1) is 28.0.